The van der Waals surface area contributed by atoms with Gasteiger partial charge in [-0.05, 0) is 128 Å². The fourth-order valence-electron chi connectivity index (χ4n) is 11.6. The molecule has 0 fully saturated rings. The lowest BCUT2D eigenvalue weighted by molar-refractivity contribution is 0.103. The summed E-state index contributed by atoms with van der Waals surface area (Å²) in [7, 11) is 0. The summed E-state index contributed by atoms with van der Waals surface area (Å²) >= 11 is 10.7. The van der Waals surface area contributed by atoms with E-state index in [1.54, 1.807) is 81.7 Å². The van der Waals surface area contributed by atoms with E-state index >= 15 is 0 Å². The molecule has 0 atom stereocenters. The predicted molar refractivity (Wildman–Crippen MR) is 306 cm³/mol. The van der Waals surface area contributed by atoms with Crippen LogP contribution >= 0.6 is 68.0 Å². The summed E-state index contributed by atoms with van der Waals surface area (Å²) in [4.78, 5) is 36.2. The lowest BCUT2D eigenvalue weighted by Crippen LogP contribution is -2.15. The predicted octanol–water partition coefficient (Wildman–Crippen LogP) is 17.6. The van der Waals surface area contributed by atoms with Crippen molar-refractivity contribution in [2.24, 2.45) is 0 Å². The topological polar surface area (TPSA) is 129 Å². The summed E-state index contributed by atoms with van der Waals surface area (Å²) in [6.45, 7) is 9.51. The number of Topliss-reactive ketones (excluding diaryl/α,β-unsaturated/α-hetero) is 2. The molecule has 4 aliphatic rings. The van der Waals surface area contributed by atoms with Crippen LogP contribution in [-0.2, 0) is 10.8 Å². The van der Waals surface area contributed by atoms with Gasteiger partial charge in [0, 0.05) is 92.7 Å². The van der Waals surface area contributed by atoms with Crippen LogP contribution in [0, 0.1) is 45.3 Å². The molecular formula is C62H32N4O2S6. The summed E-state index contributed by atoms with van der Waals surface area (Å²) in [5.41, 5.74) is 11.5. The van der Waals surface area contributed by atoms with Crippen LogP contribution < -0.4 is 0 Å². The van der Waals surface area contributed by atoms with Crippen molar-refractivity contribution in [3.05, 3.63) is 186 Å². The van der Waals surface area contributed by atoms with Crippen molar-refractivity contribution >= 4 is 132 Å². The third-order valence-electron chi connectivity index (χ3n) is 15.1. The highest BCUT2D eigenvalue weighted by Crippen LogP contribution is 2.64. The summed E-state index contributed by atoms with van der Waals surface area (Å²) in [6, 6.07) is 44.8. The minimum Gasteiger partial charge on any atom is -0.289 e. The van der Waals surface area contributed by atoms with Crippen molar-refractivity contribution in [3.63, 3.8) is 0 Å². The molecule has 6 aromatic heterocycles. The van der Waals surface area contributed by atoms with Crippen LogP contribution in [-0.4, -0.2) is 11.6 Å². The Morgan fingerprint density at radius 2 is 0.838 bits per heavy atom. The Bertz CT molecular complexity index is 4320. The summed E-state index contributed by atoms with van der Waals surface area (Å²) in [6.07, 6.45) is 3.66. The van der Waals surface area contributed by atoms with E-state index in [-0.39, 0.29) is 33.5 Å². The van der Waals surface area contributed by atoms with Gasteiger partial charge in [-0.2, -0.15) is 21.0 Å². The zero-order valence-corrected chi connectivity index (χ0v) is 44.5. The van der Waals surface area contributed by atoms with Crippen LogP contribution in [0.15, 0.2) is 131 Å². The first-order valence-corrected chi connectivity index (χ1v) is 28.5. The largest absolute Gasteiger partial charge is 0.289 e. The highest BCUT2D eigenvalue weighted by Gasteiger charge is 2.46. The zero-order valence-electron chi connectivity index (χ0n) is 39.6. The van der Waals surface area contributed by atoms with E-state index in [1.807, 2.05) is 83.4 Å². The minimum absolute atomic E-state index is 0.0628. The summed E-state index contributed by atoms with van der Waals surface area (Å²) < 4.78 is 5.25. The second-order valence-electron chi connectivity index (χ2n) is 19.8. The number of benzene rings is 4. The Morgan fingerprint density at radius 3 is 1.23 bits per heavy atom. The Balaban J connectivity index is 0.786. The average Bonchev–Trinajstić information content (AvgIpc) is 4.30. The van der Waals surface area contributed by atoms with Crippen molar-refractivity contribution in [3.8, 4) is 64.7 Å². The molecule has 0 aliphatic heterocycles. The van der Waals surface area contributed by atoms with Gasteiger partial charge < -0.3 is 0 Å². The first-order chi connectivity index (χ1) is 35.8. The maximum Gasteiger partial charge on any atom is 0.194 e. The molecular weight excluding hydrogens is 1030 g/mol. The maximum atomic E-state index is 13.6. The number of rotatable bonds is 4. The number of nitriles is 4. The third-order valence-corrected chi connectivity index (χ3v) is 22.4. The standard InChI is InChI=1S/C62H32N4O2S6/c1-61(2)43-23-47-29(19-49(71-47)45-15-13-33(69-45)21-41-51(31(25-63)26-64)35-9-5-7-11-37(35)55(41)67)17-39(43)57-53(61)59-60(73-57)54-58(74-59)40-18-30-20-50(72-48(30)24-44(40)62(54,3)4)46-16-14-34(70-46)22-42-52(32(27-65)28-66)36-10-6-8-12-38(36)56(42)68/h5-24H,1-4H3. The first kappa shape index (κ1) is 44.8. The SMILES string of the molecule is CC1(C)c2cc3sc(-c4ccc(C=C5C(=O)c6ccccc6C5=C(C#N)C#N)s4)cc3cc2-c2sc3c4c(sc3c21)-c1cc2cc(-c3ccc(C=C5C(=O)c6ccccc6C5=C(C#N)C#N)s3)sc2cc1C4(C)C. The highest BCUT2D eigenvalue weighted by atomic mass is 32.1. The molecule has 74 heavy (non-hydrogen) atoms. The molecule has 10 aromatic rings. The quantitative estimate of drug-likeness (QED) is 0.127. The molecule has 0 saturated heterocycles. The molecule has 14 rings (SSSR count). The van der Waals surface area contributed by atoms with Crippen LogP contribution in [0.25, 0.3) is 93.3 Å². The number of fused-ring (bicyclic) bond motifs is 13. The number of ketones is 2. The molecule has 0 N–H and O–H groups in total. The summed E-state index contributed by atoms with van der Waals surface area (Å²) in [5, 5.41) is 41.7. The summed E-state index contributed by atoms with van der Waals surface area (Å²) in [5.74, 6) is -0.351. The van der Waals surface area contributed by atoms with E-state index in [4.69, 9.17) is 0 Å². The molecule has 348 valence electrons. The smallest absolute Gasteiger partial charge is 0.194 e. The van der Waals surface area contributed by atoms with Crippen molar-refractivity contribution in [2.75, 3.05) is 0 Å². The average molecular weight is 1060 g/mol. The first-order valence-electron chi connectivity index (χ1n) is 23.6. The van der Waals surface area contributed by atoms with Crippen LogP contribution in [0.3, 0.4) is 0 Å². The molecule has 6 heterocycles. The monoisotopic (exact) mass is 1060 g/mol. The van der Waals surface area contributed by atoms with Gasteiger partial charge in [-0.3, -0.25) is 9.59 Å². The van der Waals surface area contributed by atoms with E-state index in [2.05, 4.69) is 76.2 Å². The van der Waals surface area contributed by atoms with Gasteiger partial charge in [0.15, 0.2) is 11.6 Å². The number of hydrogen-bond donors (Lipinski definition) is 0. The number of carbonyl (C=O) groups excluding carboxylic acids is 2. The van der Waals surface area contributed by atoms with Crippen molar-refractivity contribution < 1.29 is 9.59 Å². The minimum atomic E-state index is -0.209. The molecule has 0 radical (unpaired) electrons. The normalized spacial score (nSPS) is 16.3. The fourth-order valence-corrected chi connectivity index (χ4v) is 19.5. The van der Waals surface area contributed by atoms with E-state index in [0.29, 0.717) is 44.5 Å². The van der Waals surface area contributed by atoms with Gasteiger partial charge >= 0.3 is 0 Å². The Kier molecular flexibility index (Phi) is 9.57. The van der Waals surface area contributed by atoms with Gasteiger partial charge in [-0.1, -0.05) is 76.2 Å². The number of nitrogens with zero attached hydrogens (tertiary/aromatic N) is 4. The second kappa shape index (κ2) is 15.8. The number of carbonyl (C=O) groups is 2. The molecule has 0 bridgehead atoms. The third kappa shape index (κ3) is 6.13. The Hall–Kier alpha value is -7.88. The molecule has 0 unspecified atom stereocenters. The van der Waals surface area contributed by atoms with Gasteiger partial charge in [-0.25, -0.2) is 0 Å². The molecule has 4 aliphatic carbocycles. The molecule has 0 amide bonds. The molecule has 0 spiro atoms. The lowest BCUT2D eigenvalue weighted by Gasteiger charge is -2.22. The molecule has 12 heteroatoms. The van der Waals surface area contributed by atoms with Gasteiger partial charge in [0.2, 0.25) is 0 Å². The van der Waals surface area contributed by atoms with Crippen molar-refractivity contribution in [1.82, 2.24) is 0 Å². The van der Waals surface area contributed by atoms with Crippen molar-refractivity contribution in [1.29, 1.82) is 21.0 Å². The Labute approximate surface area is 448 Å². The van der Waals surface area contributed by atoms with Crippen molar-refractivity contribution in [2.45, 2.75) is 38.5 Å². The zero-order chi connectivity index (χ0) is 50.7. The lowest BCUT2D eigenvalue weighted by atomic mass is 9.81. The van der Waals surface area contributed by atoms with Crippen LogP contribution in [0.2, 0.25) is 0 Å². The van der Waals surface area contributed by atoms with E-state index in [1.165, 1.54) is 72.7 Å². The van der Waals surface area contributed by atoms with Crippen LogP contribution in [0.4, 0.5) is 0 Å². The van der Waals surface area contributed by atoms with Gasteiger partial charge in [0.05, 0.1) is 9.40 Å². The van der Waals surface area contributed by atoms with E-state index in [9.17, 15) is 30.6 Å². The number of thiophene rings is 6. The van der Waals surface area contributed by atoms with Gasteiger partial charge in [-0.15, -0.1) is 68.0 Å². The van der Waals surface area contributed by atoms with Crippen LogP contribution in [0.1, 0.15) is 91.5 Å². The van der Waals surface area contributed by atoms with Gasteiger partial charge in [0.25, 0.3) is 0 Å². The molecule has 6 nitrogen and oxygen atoms in total. The maximum absolute atomic E-state index is 13.6. The Morgan fingerprint density at radius 1 is 0.446 bits per heavy atom. The molecule has 0 saturated carbocycles. The van der Waals surface area contributed by atoms with E-state index in [0.717, 1.165) is 29.3 Å². The fraction of sp³-hybridized carbons (Fsp3) is 0.0968. The number of allylic oxidation sites excluding steroid dienone is 6. The van der Waals surface area contributed by atoms with Crippen LogP contribution in [0.5, 0.6) is 0 Å². The van der Waals surface area contributed by atoms with Gasteiger partial charge in [0.1, 0.15) is 35.4 Å². The van der Waals surface area contributed by atoms with E-state index < -0.39 is 0 Å². The molecule has 4 aromatic carbocycles. The second-order valence-corrected chi connectivity index (χ2v) is 26.3. The number of hydrogen-bond acceptors (Lipinski definition) is 12. The highest BCUT2D eigenvalue weighted by molar-refractivity contribution is 7.32.